The third-order valence-electron chi connectivity index (χ3n) is 19.5. The molecule has 0 spiro atoms. The number of hydrogen-bond donors (Lipinski definition) is 3. The molecule has 0 amide bonds. The summed E-state index contributed by atoms with van der Waals surface area (Å²) in [6.07, 6.45) is 65.3. The van der Waals surface area contributed by atoms with Crippen LogP contribution in [-0.2, 0) is 65.4 Å². The second kappa shape index (κ2) is 74.5. The molecule has 0 radical (unpaired) electrons. The summed E-state index contributed by atoms with van der Waals surface area (Å²) in [7, 11) is -9.92. The van der Waals surface area contributed by atoms with E-state index < -0.39 is 97.5 Å². The van der Waals surface area contributed by atoms with Crippen molar-refractivity contribution in [2.45, 2.75) is 458 Å². The van der Waals surface area contributed by atoms with E-state index in [9.17, 15) is 43.2 Å². The van der Waals surface area contributed by atoms with Gasteiger partial charge in [0, 0.05) is 25.7 Å². The summed E-state index contributed by atoms with van der Waals surface area (Å²) >= 11 is 0. The summed E-state index contributed by atoms with van der Waals surface area (Å²) in [4.78, 5) is 73.1. The Bertz CT molecular complexity index is 1960. The number of ether oxygens (including phenoxy) is 4. The summed E-state index contributed by atoms with van der Waals surface area (Å²) < 4.78 is 68.8. The van der Waals surface area contributed by atoms with Crippen LogP contribution in [0.25, 0.3) is 0 Å². The molecule has 0 saturated heterocycles. The van der Waals surface area contributed by atoms with E-state index in [-0.39, 0.29) is 25.7 Å². The van der Waals surface area contributed by atoms with Crippen molar-refractivity contribution in [1.29, 1.82) is 0 Å². The molecule has 5 atom stereocenters. The van der Waals surface area contributed by atoms with E-state index in [2.05, 4.69) is 41.5 Å². The topological polar surface area (TPSA) is 237 Å². The lowest BCUT2D eigenvalue weighted by atomic mass is 10.0. The number of esters is 4. The molecule has 0 aromatic carbocycles. The van der Waals surface area contributed by atoms with Crippen LogP contribution in [0, 0.1) is 11.8 Å². The fourth-order valence-corrected chi connectivity index (χ4v) is 14.5. The monoisotopic (exact) mass is 1490 g/mol. The first-order valence-electron chi connectivity index (χ1n) is 43.0. The van der Waals surface area contributed by atoms with Gasteiger partial charge < -0.3 is 33.8 Å². The number of rotatable bonds is 82. The van der Waals surface area contributed by atoms with Crippen molar-refractivity contribution in [3.05, 3.63) is 0 Å². The molecular weight excluding hydrogens is 1330 g/mol. The molecule has 0 rings (SSSR count). The number of phosphoric ester groups is 2. The summed E-state index contributed by atoms with van der Waals surface area (Å²) in [5, 5.41) is 10.6. The normalized spacial score (nSPS) is 13.9. The van der Waals surface area contributed by atoms with Crippen LogP contribution in [0.2, 0.25) is 0 Å². The van der Waals surface area contributed by atoms with E-state index in [4.69, 9.17) is 37.0 Å². The van der Waals surface area contributed by atoms with Crippen LogP contribution in [0.5, 0.6) is 0 Å². The van der Waals surface area contributed by atoms with Crippen molar-refractivity contribution in [3.63, 3.8) is 0 Å². The SMILES string of the molecule is CCCCCCCCCCCCCCCCCCCCCC(=O)OC[C@H](COP(=O)(O)OC[C@@H](O)COP(=O)(O)OC[C@@H](COC(=O)CCCCCCCCCCC)OC(=O)CCCCCCCCCCCCCCC(C)C)OC(=O)CCCCCCCCCCCCCCCCCCC(C)C. The number of carbonyl (C=O) groups excluding carboxylic acids is 4. The lowest BCUT2D eigenvalue weighted by Gasteiger charge is -2.21. The van der Waals surface area contributed by atoms with Crippen LogP contribution in [-0.4, -0.2) is 96.7 Å². The predicted octanol–water partition coefficient (Wildman–Crippen LogP) is 25.1. The Labute approximate surface area is 626 Å². The minimum atomic E-state index is -4.96. The maximum Gasteiger partial charge on any atom is 0.472 e. The van der Waals surface area contributed by atoms with Crippen LogP contribution in [0.4, 0.5) is 0 Å². The van der Waals surface area contributed by atoms with Gasteiger partial charge in [-0.25, -0.2) is 9.13 Å². The molecule has 3 N–H and O–H groups in total. The standard InChI is InChI=1S/C83H162O17P2/c1-7-9-11-13-15-17-18-19-20-21-22-23-27-30-36-42-48-54-60-66-81(86)94-72-79(100-82(87)67-61-55-49-43-37-31-28-25-24-26-29-34-40-45-51-57-63-75(3)4)74-98-102(91,92)96-70-77(84)69-95-101(89,90)97-73-78(71-93-80(85)65-59-53-47-39-16-14-12-10-8-2)99-83(88)68-62-56-50-44-38-33-32-35-41-46-52-58-64-76(5)6/h75-79,84H,7-74H2,1-6H3,(H,89,90)(H,91,92)/t77-,78+,79+/m0/s1. The highest BCUT2D eigenvalue weighted by atomic mass is 31.2. The summed E-state index contributed by atoms with van der Waals surface area (Å²) in [5.41, 5.74) is 0. The smallest absolute Gasteiger partial charge is 0.462 e. The van der Waals surface area contributed by atoms with Gasteiger partial charge in [-0.3, -0.25) is 37.3 Å². The Kier molecular flexibility index (Phi) is 73.1. The van der Waals surface area contributed by atoms with Crippen molar-refractivity contribution in [3.8, 4) is 0 Å². The number of hydrogen-bond acceptors (Lipinski definition) is 15. The molecule has 0 aliphatic heterocycles. The second-order valence-electron chi connectivity index (χ2n) is 30.8. The summed E-state index contributed by atoms with van der Waals surface area (Å²) in [5.74, 6) is -0.521. The van der Waals surface area contributed by atoms with Crippen molar-refractivity contribution >= 4 is 39.5 Å². The molecule has 606 valence electrons. The van der Waals surface area contributed by atoms with Gasteiger partial charge in [0.1, 0.15) is 19.3 Å². The lowest BCUT2D eigenvalue weighted by Crippen LogP contribution is -2.30. The molecular formula is C83H162O17P2. The van der Waals surface area contributed by atoms with Crippen LogP contribution in [0.1, 0.15) is 440 Å². The van der Waals surface area contributed by atoms with Gasteiger partial charge in [0.25, 0.3) is 0 Å². The van der Waals surface area contributed by atoms with Gasteiger partial charge in [-0.2, -0.15) is 0 Å². The molecule has 17 nitrogen and oxygen atoms in total. The first-order valence-corrected chi connectivity index (χ1v) is 46.0. The molecule has 0 saturated carbocycles. The van der Waals surface area contributed by atoms with Crippen molar-refractivity contribution in [2.24, 2.45) is 11.8 Å². The third-order valence-corrected chi connectivity index (χ3v) is 21.4. The number of aliphatic hydroxyl groups excluding tert-OH is 1. The average molecular weight is 1490 g/mol. The van der Waals surface area contributed by atoms with E-state index in [1.807, 2.05) is 0 Å². The Hall–Kier alpha value is -1.94. The molecule has 0 fully saturated rings. The third kappa shape index (κ3) is 76.3. The van der Waals surface area contributed by atoms with Crippen LogP contribution >= 0.6 is 15.6 Å². The van der Waals surface area contributed by atoms with E-state index >= 15 is 0 Å². The van der Waals surface area contributed by atoms with E-state index in [0.29, 0.717) is 25.7 Å². The highest BCUT2D eigenvalue weighted by molar-refractivity contribution is 7.47. The zero-order valence-corrected chi connectivity index (χ0v) is 68.7. The largest absolute Gasteiger partial charge is 0.472 e. The zero-order valence-electron chi connectivity index (χ0n) is 66.9. The lowest BCUT2D eigenvalue weighted by molar-refractivity contribution is -0.161. The van der Waals surface area contributed by atoms with Gasteiger partial charge in [0.15, 0.2) is 12.2 Å². The average Bonchev–Trinajstić information content (AvgIpc) is 0.913. The molecule has 0 aliphatic rings. The van der Waals surface area contributed by atoms with Crippen molar-refractivity contribution in [2.75, 3.05) is 39.6 Å². The summed E-state index contributed by atoms with van der Waals surface area (Å²) in [6, 6.07) is 0. The number of carbonyl (C=O) groups is 4. The van der Waals surface area contributed by atoms with Crippen LogP contribution < -0.4 is 0 Å². The molecule has 19 heteroatoms. The van der Waals surface area contributed by atoms with E-state index in [0.717, 1.165) is 102 Å². The minimum Gasteiger partial charge on any atom is -0.462 e. The molecule has 0 heterocycles. The first kappa shape index (κ1) is 100. The van der Waals surface area contributed by atoms with E-state index in [1.165, 1.54) is 257 Å². The van der Waals surface area contributed by atoms with Gasteiger partial charge in [-0.15, -0.1) is 0 Å². The molecule has 0 bridgehead atoms. The maximum absolute atomic E-state index is 13.1. The summed E-state index contributed by atoms with van der Waals surface area (Å²) in [6.45, 7) is 9.67. The van der Waals surface area contributed by atoms with Crippen LogP contribution in [0.3, 0.4) is 0 Å². The van der Waals surface area contributed by atoms with Gasteiger partial charge in [-0.05, 0) is 37.5 Å². The molecule has 2 unspecified atom stereocenters. The van der Waals surface area contributed by atoms with Crippen molar-refractivity contribution < 1.29 is 80.2 Å². The Morgan fingerprint density at radius 2 is 0.451 bits per heavy atom. The second-order valence-corrected chi connectivity index (χ2v) is 33.7. The van der Waals surface area contributed by atoms with Gasteiger partial charge in [-0.1, -0.05) is 388 Å². The minimum absolute atomic E-state index is 0.107. The van der Waals surface area contributed by atoms with Crippen molar-refractivity contribution in [1.82, 2.24) is 0 Å². The first-order chi connectivity index (χ1) is 49.4. The fraction of sp³-hybridized carbons (Fsp3) is 0.952. The maximum atomic E-state index is 13.1. The van der Waals surface area contributed by atoms with Gasteiger partial charge >= 0.3 is 39.5 Å². The quantitative estimate of drug-likeness (QED) is 0.0222. The Balaban J connectivity index is 5.21. The molecule has 0 aromatic rings. The Morgan fingerprint density at radius 1 is 0.265 bits per heavy atom. The number of phosphoric acid groups is 2. The Morgan fingerprint density at radius 3 is 0.667 bits per heavy atom. The molecule has 0 aromatic heterocycles. The molecule has 102 heavy (non-hydrogen) atoms. The number of unbranched alkanes of at least 4 members (excludes halogenated alkanes) is 52. The zero-order chi connectivity index (χ0) is 74.9. The van der Waals surface area contributed by atoms with E-state index in [1.54, 1.807) is 0 Å². The van der Waals surface area contributed by atoms with Gasteiger partial charge in [0.05, 0.1) is 26.4 Å². The fourth-order valence-electron chi connectivity index (χ4n) is 12.9. The number of aliphatic hydroxyl groups is 1. The van der Waals surface area contributed by atoms with Gasteiger partial charge in [0.2, 0.25) is 0 Å². The highest BCUT2D eigenvalue weighted by Gasteiger charge is 2.30. The highest BCUT2D eigenvalue weighted by Crippen LogP contribution is 2.45. The molecule has 0 aliphatic carbocycles. The predicted molar refractivity (Wildman–Crippen MR) is 418 cm³/mol. The van der Waals surface area contributed by atoms with Crippen LogP contribution in [0.15, 0.2) is 0 Å².